The van der Waals surface area contributed by atoms with E-state index in [9.17, 15) is 14.9 Å². The standard InChI is InChI=1S/C23H24N2O4/c26-21(24-14-16-4-2-1-3-5-16)29-23-12-17-10-19(23)13-22(11-17,15-23)18-6-8-20(9-7-18)25(27)28/h1-9,17,19H,10-15H2,(H,24,26). The van der Waals surface area contributed by atoms with Crippen molar-refractivity contribution < 1.29 is 14.5 Å². The van der Waals surface area contributed by atoms with Gasteiger partial charge in [0.15, 0.2) is 0 Å². The summed E-state index contributed by atoms with van der Waals surface area (Å²) < 4.78 is 6.10. The second kappa shape index (κ2) is 6.58. The van der Waals surface area contributed by atoms with Crippen molar-refractivity contribution in [3.63, 3.8) is 0 Å². The van der Waals surface area contributed by atoms with Crippen molar-refractivity contribution in [3.05, 3.63) is 75.8 Å². The maximum atomic E-state index is 12.6. The zero-order chi connectivity index (χ0) is 20.1. The number of carbonyl (C=O) groups is 1. The molecule has 29 heavy (non-hydrogen) atoms. The number of hydrogen-bond acceptors (Lipinski definition) is 4. The van der Waals surface area contributed by atoms with Crippen molar-refractivity contribution in [1.29, 1.82) is 0 Å². The molecule has 4 aliphatic rings. The number of nitrogens with one attached hydrogen (secondary N) is 1. The molecular formula is C23H24N2O4. The summed E-state index contributed by atoms with van der Waals surface area (Å²) in [7, 11) is 0. The van der Waals surface area contributed by atoms with Gasteiger partial charge in [0.1, 0.15) is 5.60 Å². The summed E-state index contributed by atoms with van der Waals surface area (Å²) in [5.41, 5.74) is 1.88. The van der Waals surface area contributed by atoms with Crippen LogP contribution in [0.3, 0.4) is 0 Å². The number of hydrogen-bond donors (Lipinski definition) is 1. The van der Waals surface area contributed by atoms with Crippen LogP contribution in [-0.4, -0.2) is 16.6 Å². The van der Waals surface area contributed by atoms with E-state index < -0.39 is 5.60 Å². The normalized spacial score (nSPS) is 31.6. The van der Waals surface area contributed by atoms with Crippen LogP contribution in [0.2, 0.25) is 0 Å². The minimum atomic E-state index is -0.397. The largest absolute Gasteiger partial charge is 0.443 e. The highest BCUT2D eigenvalue weighted by Crippen LogP contribution is 2.67. The molecule has 4 saturated carbocycles. The summed E-state index contributed by atoms with van der Waals surface area (Å²) in [6, 6.07) is 16.8. The Morgan fingerprint density at radius 1 is 1.10 bits per heavy atom. The third-order valence-corrected chi connectivity index (χ3v) is 7.22. The van der Waals surface area contributed by atoms with Crippen LogP contribution in [0.15, 0.2) is 54.6 Å². The molecule has 4 atom stereocenters. The van der Waals surface area contributed by atoms with Crippen LogP contribution in [0.25, 0.3) is 0 Å². The molecule has 4 fully saturated rings. The molecule has 6 rings (SSSR count). The molecule has 150 valence electrons. The number of benzene rings is 2. The Hall–Kier alpha value is -2.89. The van der Waals surface area contributed by atoms with E-state index in [1.54, 1.807) is 12.1 Å². The van der Waals surface area contributed by atoms with Crippen LogP contribution in [0, 0.1) is 22.0 Å². The second-order valence-corrected chi connectivity index (χ2v) is 8.97. The first-order valence-electron chi connectivity index (χ1n) is 10.2. The van der Waals surface area contributed by atoms with Gasteiger partial charge in [0.2, 0.25) is 0 Å². The van der Waals surface area contributed by atoms with Crippen molar-refractivity contribution in [2.45, 2.75) is 49.7 Å². The van der Waals surface area contributed by atoms with Crippen molar-refractivity contribution in [2.75, 3.05) is 0 Å². The lowest BCUT2D eigenvalue weighted by molar-refractivity contribution is -0.384. The highest BCUT2D eigenvalue weighted by molar-refractivity contribution is 5.68. The molecule has 4 unspecified atom stereocenters. The molecule has 6 nitrogen and oxygen atoms in total. The van der Waals surface area contributed by atoms with Crippen LogP contribution in [-0.2, 0) is 16.7 Å². The van der Waals surface area contributed by atoms with Gasteiger partial charge in [-0.2, -0.15) is 0 Å². The number of rotatable bonds is 5. The lowest BCUT2D eigenvalue weighted by Gasteiger charge is -2.40. The predicted molar refractivity (Wildman–Crippen MR) is 107 cm³/mol. The van der Waals surface area contributed by atoms with Gasteiger partial charge in [0.05, 0.1) is 4.92 Å². The Bertz CT molecular complexity index is 945. The zero-order valence-corrected chi connectivity index (χ0v) is 16.2. The molecule has 0 heterocycles. The number of non-ortho nitro benzene ring substituents is 1. The number of ether oxygens (including phenoxy) is 1. The smallest absolute Gasteiger partial charge is 0.407 e. The fraction of sp³-hybridized carbons (Fsp3) is 0.435. The van der Waals surface area contributed by atoms with Gasteiger partial charge >= 0.3 is 6.09 Å². The van der Waals surface area contributed by atoms with Gasteiger partial charge in [-0.05, 0) is 54.6 Å². The molecule has 0 saturated heterocycles. The maximum absolute atomic E-state index is 12.6. The van der Waals surface area contributed by atoms with Crippen LogP contribution < -0.4 is 5.32 Å². The van der Waals surface area contributed by atoms with E-state index in [0.717, 1.165) is 43.2 Å². The summed E-state index contributed by atoms with van der Waals surface area (Å²) >= 11 is 0. The van der Waals surface area contributed by atoms with Gasteiger partial charge in [-0.25, -0.2) is 4.79 Å². The Kier molecular flexibility index (Phi) is 4.12. The Labute approximate surface area is 169 Å². The van der Waals surface area contributed by atoms with Gasteiger partial charge in [0, 0.05) is 24.6 Å². The average Bonchev–Trinajstić information content (AvgIpc) is 3.09. The first-order chi connectivity index (χ1) is 14.0. The molecule has 4 aliphatic carbocycles. The fourth-order valence-electron chi connectivity index (χ4n) is 6.25. The van der Waals surface area contributed by atoms with Gasteiger partial charge in [-0.1, -0.05) is 42.5 Å². The van der Waals surface area contributed by atoms with E-state index in [-0.39, 0.29) is 22.1 Å². The second-order valence-electron chi connectivity index (χ2n) is 8.97. The van der Waals surface area contributed by atoms with Crippen molar-refractivity contribution in [1.82, 2.24) is 5.32 Å². The molecule has 0 aliphatic heterocycles. The van der Waals surface area contributed by atoms with Crippen LogP contribution in [0.5, 0.6) is 0 Å². The van der Waals surface area contributed by atoms with E-state index in [1.807, 2.05) is 42.5 Å². The summed E-state index contributed by atoms with van der Waals surface area (Å²) in [6.07, 6.45) is 4.59. The lowest BCUT2D eigenvalue weighted by Crippen LogP contribution is -2.42. The number of amides is 1. The summed E-state index contributed by atoms with van der Waals surface area (Å²) in [5.74, 6) is 0.929. The first-order valence-corrected chi connectivity index (χ1v) is 10.2. The maximum Gasteiger partial charge on any atom is 0.407 e. The summed E-state index contributed by atoms with van der Waals surface area (Å²) in [5, 5.41) is 13.9. The quantitative estimate of drug-likeness (QED) is 0.590. The molecule has 0 aromatic heterocycles. The van der Waals surface area contributed by atoms with E-state index in [1.165, 1.54) is 0 Å². The van der Waals surface area contributed by atoms with E-state index in [2.05, 4.69) is 5.32 Å². The minimum absolute atomic E-state index is 0.0271. The molecule has 0 spiro atoms. The van der Waals surface area contributed by atoms with Crippen LogP contribution in [0.4, 0.5) is 10.5 Å². The third-order valence-electron chi connectivity index (χ3n) is 7.22. The number of carbonyl (C=O) groups excluding carboxylic acids is 1. The molecular weight excluding hydrogens is 368 g/mol. The zero-order valence-electron chi connectivity index (χ0n) is 16.2. The average molecular weight is 392 g/mol. The van der Waals surface area contributed by atoms with Gasteiger partial charge in [-0.15, -0.1) is 0 Å². The number of alkyl carbamates (subject to hydrolysis) is 1. The molecule has 1 N–H and O–H groups in total. The number of nitro benzene ring substituents is 1. The number of nitrogens with zero attached hydrogens (tertiary/aromatic N) is 1. The summed E-state index contributed by atoms with van der Waals surface area (Å²) in [4.78, 5) is 23.2. The van der Waals surface area contributed by atoms with Crippen LogP contribution in [0.1, 0.15) is 43.2 Å². The predicted octanol–water partition coefficient (Wildman–Crippen LogP) is 4.72. The lowest BCUT2D eigenvalue weighted by atomic mass is 9.65. The van der Waals surface area contributed by atoms with Crippen molar-refractivity contribution in [2.24, 2.45) is 11.8 Å². The van der Waals surface area contributed by atoms with Gasteiger partial charge < -0.3 is 10.1 Å². The highest BCUT2D eigenvalue weighted by atomic mass is 16.6. The van der Waals surface area contributed by atoms with E-state index in [4.69, 9.17) is 4.74 Å². The molecule has 1 amide bonds. The van der Waals surface area contributed by atoms with Crippen molar-refractivity contribution in [3.8, 4) is 0 Å². The Morgan fingerprint density at radius 2 is 1.86 bits per heavy atom. The Morgan fingerprint density at radius 3 is 2.59 bits per heavy atom. The van der Waals surface area contributed by atoms with Gasteiger partial charge in [-0.3, -0.25) is 10.1 Å². The van der Waals surface area contributed by atoms with E-state index in [0.29, 0.717) is 18.4 Å². The topological polar surface area (TPSA) is 81.5 Å². The molecule has 2 aromatic rings. The molecule has 2 aromatic carbocycles. The molecule has 0 radical (unpaired) electrons. The third kappa shape index (κ3) is 3.07. The van der Waals surface area contributed by atoms with E-state index >= 15 is 0 Å². The van der Waals surface area contributed by atoms with Crippen molar-refractivity contribution >= 4 is 11.8 Å². The first kappa shape index (κ1) is 18.2. The monoisotopic (exact) mass is 392 g/mol. The van der Waals surface area contributed by atoms with Crippen LogP contribution >= 0.6 is 0 Å². The highest BCUT2D eigenvalue weighted by Gasteiger charge is 2.66. The SMILES string of the molecule is O=C(NCc1ccccc1)OC12CC3CC1CC(c1ccc([N+](=O)[O-])cc1)(C3)C2. The fourth-order valence-corrected chi connectivity index (χ4v) is 6.25. The molecule has 6 heteroatoms. The minimum Gasteiger partial charge on any atom is -0.443 e. The Balaban J connectivity index is 1.31. The molecule has 4 bridgehead atoms. The number of nitro groups is 1. The summed E-state index contributed by atoms with van der Waals surface area (Å²) in [6.45, 7) is 0.456. The van der Waals surface area contributed by atoms with Gasteiger partial charge in [0.25, 0.3) is 5.69 Å².